The van der Waals surface area contributed by atoms with Crippen LogP contribution in [0, 0.1) is 0 Å². The zero-order valence-corrected chi connectivity index (χ0v) is 11.5. The molecule has 1 aliphatic rings. The van der Waals surface area contributed by atoms with E-state index in [1.54, 1.807) is 19.1 Å². The number of hydrogen-bond donors (Lipinski definition) is 1. The Morgan fingerprint density at radius 1 is 1.37 bits per heavy atom. The highest BCUT2D eigenvalue weighted by atomic mass is 32.2. The first kappa shape index (κ1) is 14.1. The van der Waals surface area contributed by atoms with Crippen LogP contribution in [0.2, 0.25) is 0 Å². The van der Waals surface area contributed by atoms with Gasteiger partial charge >= 0.3 is 0 Å². The highest BCUT2D eigenvalue weighted by Crippen LogP contribution is 2.21. The average Bonchev–Trinajstić information content (AvgIpc) is 2.53. The Balaban J connectivity index is 2.36. The maximum absolute atomic E-state index is 12.5. The van der Waals surface area contributed by atoms with E-state index in [9.17, 15) is 13.2 Å². The standard InChI is InChI=1S/C12H17N3O3S/c1-9-5-6-10(13)11(16)8-15(9)19(17,18)12-4-2-3-7-14-12/h2-4,7,9-10H,5-6,8,13H2,1H3/t9-,10+/m1/s1. The minimum atomic E-state index is -3.75. The largest absolute Gasteiger partial charge is 0.321 e. The normalized spacial score (nSPS) is 26.1. The van der Waals surface area contributed by atoms with Gasteiger partial charge in [0.05, 0.1) is 12.6 Å². The molecule has 0 aliphatic carbocycles. The molecule has 0 spiro atoms. The van der Waals surface area contributed by atoms with Crippen LogP contribution in [0.1, 0.15) is 19.8 Å². The first-order chi connectivity index (χ1) is 8.93. The molecule has 1 aromatic heterocycles. The predicted octanol–water partition coefficient (Wildman–Crippen LogP) is 0.151. The van der Waals surface area contributed by atoms with Gasteiger partial charge in [0.2, 0.25) is 0 Å². The van der Waals surface area contributed by atoms with E-state index < -0.39 is 16.1 Å². The Bertz CT molecular complexity index is 559. The highest BCUT2D eigenvalue weighted by molar-refractivity contribution is 7.89. The molecule has 1 saturated heterocycles. The zero-order valence-electron chi connectivity index (χ0n) is 10.7. The number of ketones is 1. The Hall–Kier alpha value is -1.31. The van der Waals surface area contributed by atoms with Crippen molar-refractivity contribution < 1.29 is 13.2 Å². The van der Waals surface area contributed by atoms with Crippen molar-refractivity contribution in [3.05, 3.63) is 24.4 Å². The van der Waals surface area contributed by atoms with E-state index in [4.69, 9.17) is 5.73 Å². The van der Waals surface area contributed by atoms with Gasteiger partial charge in [0.1, 0.15) is 0 Å². The number of pyridine rings is 1. The summed E-state index contributed by atoms with van der Waals surface area (Å²) >= 11 is 0. The lowest BCUT2D eigenvalue weighted by Crippen LogP contribution is -2.42. The van der Waals surface area contributed by atoms with Gasteiger partial charge in [-0.1, -0.05) is 6.07 Å². The zero-order chi connectivity index (χ0) is 14.0. The second kappa shape index (κ2) is 5.36. The molecule has 0 saturated carbocycles. The molecule has 104 valence electrons. The van der Waals surface area contributed by atoms with Crippen LogP contribution in [0.3, 0.4) is 0 Å². The number of hydrogen-bond acceptors (Lipinski definition) is 5. The van der Waals surface area contributed by atoms with Crippen molar-refractivity contribution in [2.75, 3.05) is 6.54 Å². The van der Waals surface area contributed by atoms with Crippen molar-refractivity contribution >= 4 is 15.8 Å². The van der Waals surface area contributed by atoms with Gasteiger partial charge < -0.3 is 5.73 Å². The predicted molar refractivity (Wildman–Crippen MR) is 69.8 cm³/mol. The lowest BCUT2D eigenvalue weighted by molar-refractivity contribution is -0.120. The molecular weight excluding hydrogens is 266 g/mol. The van der Waals surface area contributed by atoms with Crippen molar-refractivity contribution in [1.29, 1.82) is 0 Å². The van der Waals surface area contributed by atoms with Crippen LogP contribution >= 0.6 is 0 Å². The second-order valence-corrected chi connectivity index (χ2v) is 6.55. The van der Waals surface area contributed by atoms with E-state index in [1.807, 2.05) is 0 Å². The van der Waals surface area contributed by atoms with E-state index in [0.29, 0.717) is 12.8 Å². The van der Waals surface area contributed by atoms with E-state index in [2.05, 4.69) is 4.98 Å². The molecule has 7 heteroatoms. The topological polar surface area (TPSA) is 93.4 Å². The first-order valence-electron chi connectivity index (χ1n) is 6.14. The Labute approximate surface area is 112 Å². The molecule has 1 fully saturated rings. The number of aromatic nitrogens is 1. The summed E-state index contributed by atoms with van der Waals surface area (Å²) in [6.07, 6.45) is 2.50. The van der Waals surface area contributed by atoms with Gasteiger partial charge in [-0.05, 0) is 31.9 Å². The van der Waals surface area contributed by atoms with Crippen LogP contribution in [-0.2, 0) is 14.8 Å². The summed E-state index contributed by atoms with van der Waals surface area (Å²) in [5.41, 5.74) is 5.70. The van der Waals surface area contributed by atoms with Gasteiger partial charge in [-0.2, -0.15) is 4.31 Å². The van der Waals surface area contributed by atoms with Crippen LogP contribution in [-0.4, -0.2) is 42.1 Å². The molecule has 1 aromatic rings. The van der Waals surface area contributed by atoms with E-state index >= 15 is 0 Å². The van der Waals surface area contributed by atoms with Crippen molar-refractivity contribution in [3.63, 3.8) is 0 Å². The SMILES string of the molecule is C[C@@H]1CC[C@H](N)C(=O)CN1S(=O)(=O)c1ccccn1. The van der Waals surface area contributed by atoms with Crippen molar-refractivity contribution in [2.45, 2.75) is 36.9 Å². The van der Waals surface area contributed by atoms with Crippen molar-refractivity contribution in [2.24, 2.45) is 5.73 Å². The number of rotatable bonds is 2. The Morgan fingerprint density at radius 3 is 2.74 bits per heavy atom. The molecule has 19 heavy (non-hydrogen) atoms. The molecule has 2 N–H and O–H groups in total. The summed E-state index contributed by atoms with van der Waals surface area (Å²) in [7, 11) is -3.75. The maximum atomic E-state index is 12.5. The number of nitrogens with zero attached hydrogens (tertiary/aromatic N) is 2. The summed E-state index contributed by atoms with van der Waals surface area (Å²) in [6.45, 7) is 1.60. The number of sulfonamides is 1. The molecule has 1 aliphatic heterocycles. The van der Waals surface area contributed by atoms with Crippen LogP contribution in [0.4, 0.5) is 0 Å². The number of Topliss-reactive ketones (excluding diaryl/α,β-unsaturated/α-hetero) is 1. The maximum Gasteiger partial charge on any atom is 0.261 e. The summed E-state index contributed by atoms with van der Waals surface area (Å²) in [5.74, 6) is -0.246. The van der Waals surface area contributed by atoms with Gasteiger partial charge in [-0.3, -0.25) is 4.79 Å². The number of carbonyl (C=O) groups is 1. The summed E-state index contributed by atoms with van der Waals surface area (Å²) in [4.78, 5) is 15.7. The molecule has 0 radical (unpaired) electrons. The Morgan fingerprint density at radius 2 is 2.11 bits per heavy atom. The summed E-state index contributed by atoms with van der Waals surface area (Å²) in [5, 5.41) is -0.0369. The number of nitrogens with two attached hydrogens (primary N) is 1. The fourth-order valence-corrected chi connectivity index (χ4v) is 3.66. The third kappa shape index (κ3) is 2.83. The number of carbonyl (C=O) groups excluding carboxylic acids is 1. The van der Waals surface area contributed by atoms with E-state index in [1.165, 1.54) is 16.6 Å². The third-order valence-electron chi connectivity index (χ3n) is 3.32. The molecule has 0 aromatic carbocycles. The van der Waals surface area contributed by atoms with E-state index in [0.717, 1.165) is 0 Å². The van der Waals surface area contributed by atoms with Crippen LogP contribution < -0.4 is 5.73 Å². The highest BCUT2D eigenvalue weighted by Gasteiger charge is 2.35. The van der Waals surface area contributed by atoms with Crippen molar-refractivity contribution in [1.82, 2.24) is 9.29 Å². The van der Waals surface area contributed by atoms with Crippen molar-refractivity contribution in [3.8, 4) is 0 Å². The summed E-state index contributed by atoms with van der Waals surface area (Å²) < 4.78 is 26.1. The summed E-state index contributed by atoms with van der Waals surface area (Å²) in [6, 6.07) is 3.84. The van der Waals surface area contributed by atoms with Crippen LogP contribution in [0.25, 0.3) is 0 Å². The molecule has 0 amide bonds. The van der Waals surface area contributed by atoms with Gasteiger partial charge in [0.25, 0.3) is 10.0 Å². The monoisotopic (exact) mass is 283 g/mol. The molecule has 2 heterocycles. The van der Waals surface area contributed by atoms with Gasteiger partial charge in [0.15, 0.2) is 10.8 Å². The van der Waals surface area contributed by atoms with Crippen LogP contribution in [0.15, 0.2) is 29.4 Å². The minimum Gasteiger partial charge on any atom is -0.321 e. The molecule has 6 nitrogen and oxygen atoms in total. The lowest BCUT2D eigenvalue weighted by atomic mass is 10.1. The van der Waals surface area contributed by atoms with Gasteiger partial charge in [-0.25, -0.2) is 13.4 Å². The molecule has 2 atom stereocenters. The average molecular weight is 283 g/mol. The van der Waals surface area contributed by atoms with E-state index in [-0.39, 0.29) is 23.4 Å². The minimum absolute atomic E-state index is 0.0369. The smallest absolute Gasteiger partial charge is 0.261 e. The molecule has 0 unspecified atom stereocenters. The first-order valence-corrected chi connectivity index (χ1v) is 7.58. The van der Waals surface area contributed by atoms with Crippen LogP contribution in [0.5, 0.6) is 0 Å². The third-order valence-corrected chi connectivity index (χ3v) is 5.20. The fourth-order valence-electron chi connectivity index (χ4n) is 2.09. The molecule has 2 rings (SSSR count). The fraction of sp³-hybridized carbons (Fsp3) is 0.500. The quantitative estimate of drug-likeness (QED) is 0.834. The molecular formula is C12H17N3O3S. The molecule has 0 bridgehead atoms. The van der Waals surface area contributed by atoms with Gasteiger partial charge in [0, 0.05) is 12.2 Å². The Kier molecular flexibility index (Phi) is 3.98. The van der Waals surface area contributed by atoms with Gasteiger partial charge in [-0.15, -0.1) is 0 Å². The second-order valence-electron chi connectivity index (χ2n) is 4.72. The lowest BCUT2D eigenvalue weighted by Gasteiger charge is -2.24.